The van der Waals surface area contributed by atoms with Crippen LogP contribution in [0, 0.1) is 0 Å². The van der Waals surface area contributed by atoms with Crippen LogP contribution in [-0.2, 0) is 10.0 Å². The summed E-state index contributed by atoms with van der Waals surface area (Å²) in [4.78, 5) is 8.63. The number of benzene rings is 3. The Kier molecular flexibility index (Phi) is 5.00. The van der Waals surface area contributed by atoms with E-state index in [-0.39, 0.29) is 4.90 Å². The van der Waals surface area contributed by atoms with Gasteiger partial charge in [-0.1, -0.05) is 30.3 Å². The minimum absolute atomic E-state index is 0.213. The molecule has 0 aliphatic rings. The molecule has 8 nitrogen and oxygen atoms in total. The molecular formula is C23H18N6O2S. The van der Waals surface area contributed by atoms with Crippen molar-refractivity contribution in [3.05, 3.63) is 97.6 Å². The average Bonchev–Trinajstić information content (AvgIpc) is 3.35. The lowest BCUT2D eigenvalue weighted by Crippen LogP contribution is -2.12. The molecule has 0 saturated carbocycles. The van der Waals surface area contributed by atoms with Gasteiger partial charge in [0.2, 0.25) is 0 Å². The van der Waals surface area contributed by atoms with Crippen LogP contribution in [0.4, 0.5) is 17.2 Å². The van der Waals surface area contributed by atoms with E-state index in [0.717, 1.165) is 16.5 Å². The summed E-state index contributed by atoms with van der Waals surface area (Å²) in [6.45, 7) is 0. The number of anilines is 3. The minimum atomic E-state index is -3.71. The predicted octanol–water partition coefficient (Wildman–Crippen LogP) is 4.36. The fourth-order valence-corrected chi connectivity index (χ4v) is 4.36. The molecule has 0 amide bonds. The van der Waals surface area contributed by atoms with Gasteiger partial charge in [0.05, 0.1) is 4.90 Å². The lowest BCUT2D eigenvalue weighted by atomic mass is 10.1. The summed E-state index contributed by atoms with van der Waals surface area (Å²) in [5.74, 6) is 1.22. The second-order valence-electron chi connectivity index (χ2n) is 7.03. The molecule has 5 aromatic rings. The van der Waals surface area contributed by atoms with Crippen LogP contribution in [0.1, 0.15) is 0 Å². The summed E-state index contributed by atoms with van der Waals surface area (Å²) in [7, 11) is -3.71. The first-order valence-electron chi connectivity index (χ1n) is 9.78. The fraction of sp³-hybridized carbons (Fsp3) is 0. The smallest absolute Gasteiger partial charge is 0.261 e. The van der Waals surface area contributed by atoms with E-state index in [0.29, 0.717) is 17.3 Å². The topological polar surface area (TPSA) is 102 Å². The van der Waals surface area contributed by atoms with E-state index in [9.17, 15) is 8.42 Å². The number of nitrogens with zero attached hydrogens (tertiary/aromatic N) is 4. The van der Waals surface area contributed by atoms with Gasteiger partial charge in [-0.25, -0.2) is 23.1 Å². The third-order valence-electron chi connectivity index (χ3n) is 4.83. The number of aromatic nitrogens is 4. The molecule has 0 radical (unpaired) electrons. The van der Waals surface area contributed by atoms with Crippen molar-refractivity contribution in [3.8, 4) is 5.82 Å². The number of sulfonamides is 1. The SMILES string of the molecule is O=S(=O)(Nc1ccc(Nc2cc(-n3cccn3)ncn2)cc1)c1ccc2ccccc2c1. The molecule has 0 saturated heterocycles. The van der Waals surface area contributed by atoms with Crippen molar-refractivity contribution in [1.82, 2.24) is 19.7 Å². The van der Waals surface area contributed by atoms with Crippen molar-refractivity contribution in [1.29, 1.82) is 0 Å². The molecule has 32 heavy (non-hydrogen) atoms. The molecule has 0 aliphatic carbocycles. The van der Waals surface area contributed by atoms with Gasteiger partial charge in [-0.2, -0.15) is 5.10 Å². The van der Waals surface area contributed by atoms with Crippen molar-refractivity contribution in [2.24, 2.45) is 0 Å². The van der Waals surface area contributed by atoms with E-state index in [1.807, 2.05) is 30.3 Å². The first kappa shape index (κ1) is 19.7. The van der Waals surface area contributed by atoms with Crippen molar-refractivity contribution >= 4 is 38.0 Å². The molecule has 9 heteroatoms. The van der Waals surface area contributed by atoms with Crippen LogP contribution in [0.25, 0.3) is 16.6 Å². The quantitative estimate of drug-likeness (QED) is 0.405. The summed E-state index contributed by atoms with van der Waals surface area (Å²) in [6.07, 6.45) is 4.92. The van der Waals surface area contributed by atoms with E-state index >= 15 is 0 Å². The normalized spacial score (nSPS) is 11.4. The number of rotatable bonds is 6. The Hall–Kier alpha value is -4.24. The standard InChI is InChI=1S/C23H18N6O2S/c30-32(31,21-11-6-17-4-1-2-5-18(17)14-21)28-20-9-7-19(8-10-20)27-22-15-23(25-16-24-22)29-13-3-12-26-29/h1-16,28H,(H,24,25,27). The molecule has 2 aromatic heterocycles. The molecule has 2 heterocycles. The molecule has 2 N–H and O–H groups in total. The van der Waals surface area contributed by atoms with Crippen LogP contribution >= 0.6 is 0 Å². The van der Waals surface area contributed by atoms with Gasteiger partial charge >= 0.3 is 0 Å². The lowest BCUT2D eigenvalue weighted by molar-refractivity contribution is 0.601. The minimum Gasteiger partial charge on any atom is -0.340 e. The van der Waals surface area contributed by atoms with Crippen molar-refractivity contribution < 1.29 is 8.42 Å². The summed E-state index contributed by atoms with van der Waals surface area (Å²) in [5.41, 5.74) is 1.22. The highest BCUT2D eigenvalue weighted by atomic mass is 32.2. The third-order valence-corrected chi connectivity index (χ3v) is 6.21. The summed E-state index contributed by atoms with van der Waals surface area (Å²) >= 11 is 0. The second-order valence-corrected chi connectivity index (χ2v) is 8.71. The van der Waals surface area contributed by atoms with Crippen LogP contribution in [0.15, 0.2) is 102 Å². The number of hydrogen-bond acceptors (Lipinski definition) is 6. The lowest BCUT2D eigenvalue weighted by Gasteiger charge is -2.11. The first-order valence-corrected chi connectivity index (χ1v) is 11.3. The second kappa shape index (κ2) is 8.12. The fourth-order valence-electron chi connectivity index (χ4n) is 3.26. The van der Waals surface area contributed by atoms with Gasteiger partial charge < -0.3 is 5.32 Å². The van der Waals surface area contributed by atoms with Gasteiger partial charge in [0.25, 0.3) is 10.0 Å². The average molecular weight is 443 g/mol. The molecule has 0 bridgehead atoms. The molecule has 3 aromatic carbocycles. The zero-order valence-electron chi connectivity index (χ0n) is 16.8. The summed E-state index contributed by atoms with van der Waals surface area (Å²) in [6, 6.07) is 23.2. The van der Waals surface area contributed by atoms with Gasteiger partial charge in [0.1, 0.15) is 12.1 Å². The Morgan fingerprint density at radius 2 is 1.56 bits per heavy atom. The maximum absolute atomic E-state index is 12.8. The monoisotopic (exact) mass is 442 g/mol. The van der Waals surface area contributed by atoms with Crippen molar-refractivity contribution in [2.45, 2.75) is 4.90 Å². The van der Waals surface area contributed by atoms with E-state index in [1.165, 1.54) is 6.33 Å². The third kappa shape index (κ3) is 4.14. The Morgan fingerprint density at radius 3 is 2.34 bits per heavy atom. The molecule has 0 spiro atoms. The summed E-state index contributed by atoms with van der Waals surface area (Å²) < 4.78 is 29.9. The molecule has 0 unspecified atom stereocenters. The predicted molar refractivity (Wildman–Crippen MR) is 124 cm³/mol. The van der Waals surface area contributed by atoms with E-state index < -0.39 is 10.0 Å². The van der Waals surface area contributed by atoms with Gasteiger partial charge in [0.15, 0.2) is 5.82 Å². The van der Waals surface area contributed by atoms with Crippen molar-refractivity contribution in [2.75, 3.05) is 10.0 Å². The molecule has 0 atom stereocenters. The zero-order chi connectivity index (χ0) is 22.0. The highest BCUT2D eigenvalue weighted by Gasteiger charge is 2.14. The van der Waals surface area contributed by atoms with E-state index in [4.69, 9.17) is 0 Å². The van der Waals surface area contributed by atoms with Gasteiger partial charge in [-0.05, 0) is 53.2 Å². The molecule has 0 aliphatic heterocycles. The Morgan fingerprint density at radius 1 is 0.781 bits per heavy atom. The van der Waals surface area contributed by atoms with E-state index in [2.05, 4.69) is 25.1 Å². The summed E-state index contributed by atoms with van der Waals surface area (Å²) in [5, 5.41) is 9.19. The van der Waals surface area contributed by atoms with Gasteiger partial charge in [-0.3, -0.25) is 4.72 Å². The molecule has 158 valence electrons. The van der Waals surface area contributed by atoms with Crippen LogP contribution < -0.4 is 10.0 Å². The van der Waals surface area contributed by atoms with Crippen molar-refractivity contribution in [3.63, 3.8) is 0 Å². The molecule has 5 rings (SSSR count). The molecule has 0 fully saturated rings. The Bertz CT molecular complexity index is 1480. The van der Waals surface area contributed by atoms with E-state index in [1.54, 1.807) is 65.6 Å². The van der Waals surface area contributed by atoms with Crippen LogP contribution in [0.5, 0.6) is 0 Å². The highest BCUT2D eigenvalue weighted by molar-refractivity contribution is 7.92. The maximum Gasteiger partial charge on any atom is 0.261 e. The highest BCUT2D eigenvalue weighted by Crippen LogP contribution is 2.23. The van der Waals surface area contributed by atoms with Crippen LogP contribution in [0.2, 0.25) is 0 Å². The zero-order valence-corrected chi connectivity index (χ0v) is 17.6. The van der Waals surface area contributed by atoms with Gasteiger partial charge in [-0.15, -0.1) is 0 Å². The Balaban J connectivity index is 1.32. The first-order chi connectivity index (χ1) is 15.6. The van der Waals surface area contributed by atoms with Gasteiger partial charge in [0, 0.05) is 29.8 Å². The van der Waals surface area contributed by atoms with Crippen LogP contribution in [0.3, 0.4) is 0 Å². The maximum atomic E-state index is 12.8. The number of nitrogens with one attached hydrogen (secondary N) is 2. The number of fused-ring (bicyclic) bond motifs is 1. The Labute approximate surface area is 184 Å². The number of hydrogen-bond donors (Lipinski definition) is 2. The largest absolute Gasteiger partial charge is 0.340 e. The molecular weight excluding hydrogens is 424 g/mol. The van der Waals surface area contributed by atoms with Crippen LogP contribution in [-0.4, -0.2) is 28.2 Å².